The molecule has 1 aliphatic heterocycles. The first-order valence-electron chi connectivity index (χ1n) is 9.00. The predicted octanol–water partition coefficient (Wildman–Crippen LogP) is 5.11. The van der Waals surface area contributed by atoms with Gasteiger partial charge in [0.25, 0.3) is 0 Å². The summed E-state index contributed by atoms with van der Waals surface area (Å²) in [6.45, 7) is 1.42. The summed E-state index contributed by atoms with van der Waals surface area (Å²) in [7, 11) is 1.93. The number of hydrogen-bond acceptors (Lipinski definition) is 2. The number of aromatic nitrogens is 2. The van der Waals surface area contributed by atoms with Gasteiger partial charge in [-0.25, -0.2) is 9.37 Å². The second-order valence-corrected chi connectivity index (χ2v) is 7.12. The lowest BCUT2D eigenvalue weighted by Gasteiger charge is -2.29. The Bertz CT molecular complexity index is 1050. The molecule has 2 heterocycles. The number of hydrogen-bond donors (Lipinski definition) is 0. The number of imidazole rings is 1. The molecule has 2 aromatic carbocycles. The van der Waals surface area contributed by atoms with Crippen LogP contribution in [0.15, 0.2) is 54.4 Å². The van der Waals surface area contributed by atoms with Crippen molar-refractivity contribution in [1.29, 1.82) is 0 Å². The minimum Gasteiger partial charge on any atom is -0.367 e. The van der Waals surface area contributed by atoms with E-state index in [2.05, 4.69) is 16.0 Å². The molecular formula is C21H19F4N3. The highest BCUT2D eigenvalue weighted by Crippen LogP contribution is 2.31. The molecule has 1 aliphatic rings. The van der Waals surface area contributed by atoms with Gasteiger partial charge in [-0.3, -0.25) is 0 Å². The van der Waals surface area contributed by atoms with Gasteiger partial charge < -0.3 is 9.47 Å². The van der Waals surface area contributed by atoms with Crippen molar-refractivity contribution in [2.75, 3.05) is 18.0 Å². The summed E-state index contributed by atoms with van der Waals surface area (Å²) < 4.78 is 54.5. The van der Waals surface area contributed by atoms with Crippen LogP contribution in [0.4, 0.5) is 23.2 Å². The Hall–Kier alpha value is -2.83. The van der Waals surface area contributed by atoms with Crippen LogP contribution in [0.1, 0.15) is 17.5 Å². The van der Waals surface area contributed by atoms with Crippen LogP contribution in [0.2, 0.25) is 0 Å². The molecule has 0 saturated heterocycles. The van der Waals surface area contributed by atoms with Gasteiger partial charge in [-0.15, -0.1) is 0 Å². The lowest BCUT2D eigenvalue weighted by molar-refractivity contribution is -0.137. The fourth-order valence-electron chi connectivity index (χ4n) is 3.65. The van der Waals surface area contributed by atoms with Crippen LogP contribution in [0.25, 0.3) is 11.0 Å². The van der Waals surface area contributed by atoms with Crippen LogP contribution in [-0.4, -0.2) is 22.6 Å². The number of aryl methyl sites for hydroxylation is 1. The number of alkyl halides is 3. The summed E-state index contributed by atoms with van der Waals surface area (Å²) in [5.74, 6) is -0.861. The van der Waals surface area contributed by atoms with Crippen molar-refractivity contribution in [3.05, 3.63) is 71.3 Å². The lowest BCUT2D eigenvalue weighted by Crippen LogP contribution is -2.30. The van der Waals surface area contributed by atoms with E-state index in [9.17, 15) is 17.6 Å². The first-order valence-corrected chi connectivity index (χ1v) is 9.00. The van der Waals surface area contributed by atoms with E-state index in [1.807, 2.05) is 29.8 Å². The Kier molecular flexibility index (Phi) is 4.61. The van der Waals surface area contributed by atoms with E-state index < -0.39 is 17.6 Å². The standard InChI is InChI=1S/C21H19F4N3/c1-27-13-26-19-5-4-18(11-20(19)27)28-6-2-3-14(12-28)7-15-8-16(21(23,24)25)10-17(22)9-15/h3-5,8-11,13H,2,6-7,12H2,1H3. The van der Waals surface area contributed by atoms with Gasteiger partial charge in [0, 0.05) is 25.8 Å². The Labute approximate surface area is 159 Å². The molecule has 3 aromatic rings. The number of fused-ring (bicyclic) bond motifs is 1. The second-order valence-electron chi connectivity index (χ2n) is 7.12. The molecule has 0 unspecified atom stereocenters. The van der Waals surface area contributed by atoms with Crippen LogP contribution in [-0.2, 0) is 19.6 Å². The van der Waals surface area contributed by atoms with Crippen LogP contribution in [0.3, 0.4) is 0 Å². The van der Waals surface area contributed by atoms with Gasteiger partial charge in [0.05, 0.1) is 22.9 Å². The maximum Gasteiger partial charge on any atom is 0.416 e. The van der Waals surface area contributed by atoms with Gasteiger partial charge >= 0.3 is 6.18 Å². The number of nitrogens with zero attached hydrogens (tertiary/aromatic N) is 3. The maximum atomic E-state index is 13.7. The molecule has 0 atom stereocenters. The fraction of sp³-hybridized carbons (Fsp3) is 0.286. The molecule has 0 fully saturated rings. The van der Waals surface area contributed by atoms with Crippen molar-refractivity contribution < 1.29 is 17.6 Å². The molecule has 0 bridgehead atoms. The number of benzene rings is 2. The molecule has 1 aromatic heterocycles. The topological polar surface area (TPSA) is 21.1 Å². The molecule has 146 valence electrons. The van der Waals surface area contributed by atoms with E-state index in [1.54, 1.807) is 6.33 Å². The third-order valence-corrected chi connectivity index (χ3v) is 5.02. The number of anilines is 1. The normalized spacial score (nSPS) is 15.2. The van der Waals surface area contributed by atoms with E-state index in [0.717, 1.165) is 41.3 Å². The Morgan fingerprint density at radius 3 is 2.71 bits per heavy atom. The van der Waals surface area contributed by atoms with Gasteiger partial charge in [0.15, 0.2) is 0 Å². The zero-order valence-electron chi connectivity index (χ0n) is 15.3. The smallest absolute Gasteiger partial charge is 0.367 e. The molecular weight excluding hydrogens is 370 g/mol. The molecule has 0 amide bonds. The van der Waals surface area contributed by atoms with Crippen molar-refractivity contribution in [2.45, 2.75) is 19.0 Å². The van der Waals surface area contributed by atoms with Gasteiger partial charge in [-0.05, 0) is 54.8 Å². The summed E-state index contributed by atoms with van der Waals surface area (Å²) in [6.07, 6.45) is 0.337. The molecule has 0 spiro atoms. The molecule has 28 heavy (non-hydrogen) atoms. The Morgan fingerprint density at radius 2 is 1.93 bits per heavy atom. The molecule has 4 rings (SSSR count). The SMILES string of the molecule is Cn1cnc2ccc(N3CCC=C(Cc4cc(F)cc(C(F)(F)F)c4)C3)cc21. The summed E-state index contributed by atoms with van der Waals surface area (Å²) >= 11 is 0. The van der Waals surface area contributed by atoms with Crippen LogP contribution in [0.5, 0.6) is 0 Å². The zero-order valence-corrected chi connectivity index (χ0v) is 15.3. The third kappa shape index (κ3) is 3.74. The molecule has 7 heteroatoms. The highest BCUT2D eigenvalue weighted by molar-refractivity contribution is 5.80. The summed E-state index contributed by atoms with van der Waals surface area (Å²) in [6, 6.07) is 8.78. The highest BCUT2D eigenvalue weighted by atomic mass is 19.4. The largest absolute Gasteiger partial charge is 0.416 e. The zero-order chi connectivity index (χ0) is 19.9. The molecule has 0 saturated carbocycles. The van der Waals surface area contributed by atoms with Crippen LogP contribution >= 0.6 is 0 Å². The Balaban J connectivity index is 1.55. The minimum atomic E-state index is -4.55. The van der Waals surface area contributed by atoms with Crippen molar-refractivity contribution in [3.8, 4) is 0 Å². The molecule has 3 nitrogen and oxygen atoms in total. The van der Waals surface area contributed by atoms with Gasteiger partial charge in [-0.1, -0.05) is 11.6 Å². The lowest BCUT2D eigenvalue weighted by atomic mass is 9.99. The van der Waals surface area contributed by atoms with E-state index in [4.69, 9.17) is 0 Å². The monoisotopic (exact) mass is 389 g/mol. The van der Waals surface area contributed by atoms with Crippen LogP contribution in [0, 0.1) is 5.82 Å². The third-order valence-electron chi connectivity index (χ3n) is 5.02. The van der Waals surface area contributed by atoms with Crippen molar-refractivity contribution >= 4 is 16.7 Å². The van der Waals surface area contributed by atoms with Crippen molar-refractivity contribution in [1.82, 2.24) is 9.55 Å². The fourth-order valence-corrected chi connectivity index (χ4v) is 3.65. The van der Waals surface area contributed by atoms with E-state index in [1.165, 1.54) is 6.07 Å². The van der Waals surface area contributed by atoms with E-state index >= 15 is 0 Å². The molecule has 0 radical (unpaired) electrons. The quantitative estimate of drug-likeness (QED) is 0.459. The molecule has 0 aliphatic carbocycles. The van der Waals surface area contributed by atoms with Gasteiger partial charge in [0.1, 0.15) is 5.82 Å². The van der Waals surface area contributed by atoms with E-state index in [-0.39, 0.29) is 0 Å². The predicted molar refractivity (Wildman–Crippen MR) is 101 cm³/mol. The second kappa shape index (κ2) is 6.96. The Morgan fingerprint density at radius 1 is 1.11 bits per heavy atom. The first-order chi connectivity index (χ1) is 13.3. The minimum absolute atomic E-state index is 0.297. The van der Waals surface area contributed by atoms with Gasteiger partial charge in [-0.2, -0.15) is 13.2 Å². The number of rotatable bonds is 3. The highest BCUT2D eigenvalue weighted by Gasteiger charge is 2.31. The maximum absolute atomic E-state index is 13.7. The van der Waals surface area contributed by atoms with Gasteiger partial charge in [0.2, 0.25) is 0 Å². The summed E-state index contributed by atoms with van der Waals surface area (Å²) in [4.78, 5) is 6.50. The summed E-state index contributed by atoms with van der Waals surface area (Å²) in [5.41, 5.74) is 3.35. The van der Waals surface area contributed by atoms with E-state index in [0.29, 0.717) is 24.6 Å². The first kappa shape index (κ1) is 18.5. The average molecular weight is 389 g/mol. The van der Waals surface area contributed by atoms with Crippen molar-refractivity contribution in [2.24, 2.45) is 7.05 Å². The average Bonchev–Trinajstić information content (AvgIpc) is 3.01. The summed E-state index contributed by atoms with van der Waals surface area (Å²) in [5, 5.41) is 0. The van der Waals surface area contributed by atoms with Crippen LogP contribution < -0.4 is 4.90 Å². The van der Waals surface area contributed by atoms with Crippen molar-refractivity contribution in [3.63, 3.8) is 0 Å². The molecule has 0 N–H and O–H groups in total. The number of halogens is 4.